The molecule has 4 heteroatoms. The third-order valence-electron chi connectivity index (χ3n) is 5.05. The summed E-state index contributed by atoms with van der Waals surface area (Å²) in [5.41, 5.74) is 1.24. The molecule has 0 radical (unpaired) electrons. The molecule has 0 saturated carbocycles. The summed E-state index contributed by atoms with van der Waals surface area (Å²) in [6, 6.07) is 7.75. The van der Waals surface area contributed by atoms with E-state index in [1.807, 2.05) is 24.3 Å². The van der Waals surface area contributed by atoms with E-state index < -0.39 is 0 Å². The van der Waals surface area contributed by atoms with E-state index >= 15 is 0 Å². The van der Waals surface area contributed by atoms with Gasteiger partial charge in [0.05, 0.1) is 6.61 Å². The number of esters is 2. The summed E-state index contributed by atoms with van der Waals surface area (Å²) in [6.45, 7) is 7.02. The van der Waals surface area contributed by atoms with Crippen LogP contribution in [0, 0.1) is 0 Å². The molecule has 1 aromatic carbocycles. The predicted octanol–water partition coefficient (Wildman–Crippen LogP) is 6.96. The molecule has 29 heavy (non-hydrogen) atoms. The van der Waals surface area contributed by atoms with Crippen LogP contribution in [0.3, 0.4) is 0 Å². The monoisotopic (exact) mass is 404 g/mol. The largest absolute Gasteiger partial charge is 0.466 e. The zero-order valence-corrected chi connectivity index (χ0v) is 18.7. The van der Waals surface area contributed by atoms with Gasteiger partial charge < -0.3 is 9.47 Å². The number of carbonyl (C=O) groups is 2. The van der Waals surface area contributed by atoms with Gasteiger partial charge in [-0.3, -0.25) is 9.59 Å². The third kappa shape index (κ3) is 13.1. The summed E-state index contributed by atoms with van der Waals surface area (Å²) in [7, 11) is 0. The number of hydrogen-bond donors (Lipinski definition) is 0. The van der Waals surface area contributed by atoms with Crippen LogP contribution in [-0.4, -0.2) is 18.5 Å². The maximum absolute atomic E-state index is 11.9. The molecule has 0 saturated heterocycles. The van der Waals surface area contributed by atoms with Gasteiger partial charge in [-0.15, -0.1) is 0 Å². The molecule has 0 aliphatic heterocycles. The van der Waals surface area contributed by atoms with Crippen LogP contribution in [0.2, 0.25) is 0 Å². The van der Waals surface area contributed by atoms with Gasteiger partial charge in [-0.1, -0.05) is 77.8 Å². The first kappa shape index (κ1) is 25.2. The summed E-state index contributed by atoms with van der Waals surface area (Å²) < 4.78 is 10.6. The fourth-order valence-corrected chi connectivity index (χ4v) is 3.14. The van der Waals surface area contributed by atoms with Gasteiger partial charge in [-0.05, 0) is 42.9 Å². The van der Waals surface area contributed by atoms with E-state index in [0.717, 1.165) is 51.4 Å². The smallest absolute Gasteiger partial charge is 0.311 e. The molecule has 0 heterocycles. The topological polar surface area (TPSA) is 52.6 Å². The average Bonchev–Trinajstić information content (AvgIpc) is 2.70. The Morgan fingerprint density at radius 3 is 1.90 bits per heavy atom. The number of benzene rings is 1. The van der Waals surface area contributed by atoms with Gasteiger partial charge in [0.25, 0.3) is 0 Å². The first-order valence-electron chi connectivity index (χ1n) is 11.5. The second-order valence-corrected chi connectivity index (χ2v) is 8.10. The van der Waals surface area contributed by atoms with Gasteiger partial charge in [-0.2, -0.15) is 0 Å². The third-order valence-corrected chi connectivity index (χ3v) is 5.05. The van der Waals surface area contributed by atoms with Gasteiger partial charge in [-0.25, -0.2) is 0 Å². The number of ether oxygens (including phenoxy) is 2. The fourth-order valence-electron chi connectivity index (χ4n) is 3.14. The van der Waals surface area contributed by atoms with Crippen LogP contribution in [0.1, 0.15) is 109 Å². The molecule has 0 aromatic heterocycles. The molecule has 0 spiro atoms. The quantitative estimate of drug-likeness (QED) is 0.170. The molecule has 1 rings (SSSR count). The Morgan fingerprint density at radius 1 is 0.759 bits per heavy atom. The van der Waals surface area contributed by atoms with Crippen molar-refractivity contribution >= 4 is 11.9 Å². The van der Waals surface area contributed by atoms with Crippen LogP contribution < -0.4 is 4.74 Å². The number of hydrogen-bond acceptors (Lipinski definition) is 4. The lowest BCUT2D eigenvalue weighted by Gasteiger charge is -2.08. The van der Waals surface area contributed by atoms with Crippen molar-refractivity contribution in [1.29, 1.82) is 0 Å². The SMILES string of the molecule is CCCCCCOC(=O)CCCCCCCCC(=O)Oc1ccc(C(C)C)cc1. The van der Waals surface area contributed by atoms with E-state index in [1.54, 1.807) is 0 Å². The predicted molar refractivity (Wildman–Crippen MR) is 118 cm³/mol. The molecule has 0 unspecified atom stereocenters. The van der Waals surface area contributed by atoms with Crippen molar-refractivity contribution in [3.05, 3.63) is 29.8 Å². The van der Waals surface area contributed by atoms with Crippen LogP contribution in [-0.2, 0) is 14.3 Å². The first-order valence-corrected chi connectivity index (χ1v) is 11.5. The number of unbranched alkanes of at least 4 members (excludes halogenated alkanes) is 8. The molecular formula is C25H40O4. The van der Waals surface area contributed by atoms with E-state index in [9.17, 15) is 9.59 Å². The standard InChI is InChI=1S/C25H40O4/c1-4-5-6-13-20-28-24(26)14-11-9-7-8-10-12-15-25(27)29-23-18-16-22(17-19-23)21(2)3/h16-19,21H,4-15,20H2,1-3H3. The Labute approximate surface area is 177 Å². The Bertz CT molecular complexity index is 563. The second kappa shape index (κ2) is 16.0. The number of rotatable bonds is 16. The van der Waals surface area contributed by atoms with Gasteiger partial charge in [0.15, 0.2) is 0 Å². The first-order chi connectivity index (χ1) is 14.0. The van der Waals surface area contributed by atoms with Crippen molar-refractivity contribution in [1.82, 2.24) is 0 Å². The van der Waals surface area contributed by atoms with Gasteiger partial charge >= 0.3 is 11.9 Å². The Balaban J connectivity index is 1.96. The van der Waals surface area contributed by atoms with E-state index in [0.29, 0.717) is 31.1 Å². The van der Waals surface area contributed by atoms with Gasteiger partial charge in [0.2, 0.25) is 0 Å². The second-order valence-electron chi connectivity index (χ2n) is 8.10. The van der Waals surface area contributed by atoms with E-state index in [-0.39, 0.29) is 11.9 Å². The van der Waals surface area contributed by atoms with Crippen molar-refractivity contribution < 1.29 is 19.1 Å². The van der Waals surface area contributed by atoms with Crippen molar-refractivity contribution in [2.75, 3.05) is 6.61 Å². The Hall–Kier alpha value is -1.84. The minimum absolute atomic E-state index is 0.0642. The van der Waals surface area contributed by atoms with Crippen LogP contribution in [0.25, 0.3) is 0 Å². The molecular weight excluding hydrogens is 364 g/mol. The normalized spacial score (nSPS) is 10.9. The minimum atomic E-state index is -0.163. The maximum Gasteiger partial charge on any atom is 0.311 e. The molecule has 0 fully saturated rings. The minimum Gasteiger partial charge on any atom is -0.466 e. The highest BCUT2D eigenvalue weighted by atomic mass is 16.5. The maximum atomic E-state index is 11.9. The molecule has 0 atom stereocenters. The summed E-state index contributed by atoms with van der Waals surface area (Å²) >= 11 is 0. The summed E-state index contributed by atoms with van der Waals surface area (Å²) in [6.07, 6.45) is 11.5. The highest BCUT2D eigenvalue weighted by molar-refractivity contribution is 5.72. The lowest BCUT2D eigenvalue weighted by atomic mass is 10.0. The van der Waals surface area contributed by atoms with E-state index in [1.165, 1.54) is 18.4 Å². The van der Waals surface area contributed by atoms with Crippen molar-refractivity contribution in [2.24, 2.45) is 0 Å². The van der Waals surface area contributed by atoms with E-state index in [4.69, 9.17) is 9.47 Å². The highest BCUT2D eigenvalue weighted by Gasteiger charge is 2.06. The molecule has 0 aliphatic rings. The number of carbonyl (C=O) groups excluding carboxylic acids is 2. The molecule has 0 aliphatic carbocycles. The lowest BCUT2D eigenvalue weighted by molar-refractivity contribution is -0.144. The summed E-state index contributed by atoms with van der Waals surface area (Å²) in [4.78, 5) is 23.5. The van der Waals surface area contributed by atoms with Crippen molar-refractivity contribution in [3.8, 4) is 5.75 Å². The molecule has 4 nitrogen and oxygen atoms in total. The molecule has 1 aromatic rings. The zero-order chi connectivity index (χ0) is 21.3. The summed E-state index contributed by atoms with van der Waals surface area (Å²) in [5.74, 6) is 0.868. The van der Waals surface area contributed by atoms with Crippen LogP contribution in [0.15, 0.2) is 24.3 Å². The highest BCUT2D eigenvalue weighted by Crippen LogP contribution is 2.19. The lowest BCUT2D eigenvalue weighted by Crippen LogP contribution is -2.07. The van der Waals surface area contributed by atoms with Crippen LogP contribution in [0.4, 0.5) is 0 Å². The van der Waals surface area contributed by atoms with Crippen LogP contribution >= 0.6 is 0 Å². The van der Waals surface area contributed by atoms with Crippen molar-refractivity contribution in [2.45, 2.75) is 104 Å². The molecule has 0 N–H and O–H groups in total. The van der Waals surface area contributed by atoms with Gasteiger partial charge in [0.1, 0.15) is 5.75 Å². The average molecular weight is 405 g/mol. The van der Waals surface area contributed by atoms with Gasteiger partial charge in [0, 0.05) is 12.8 Å². The molecule has 164 valence electrons. The molecule has 0 bridgehead atoms. The fraction of sp³-hybridized carbons (Fsp3) is 0.680. The Kier molecular flexibility index (Phi) is 13.9. The zero-order valence-electron chi connectivity index (χ0n) is 18.7. The Morgan fingerprint density at radius 2 is 1.31 bits per heavy atom. The van der Waals surface area contributed by atoms with E-state index in [2.05, 4.69) is 20.8 Å². The van der Waals surface area contributed by atoms with Crippen molar-refractivity contribution in [3.63, 3.8) is 0 Å². The van der Waals surface area contributed by atoms with Crippen LogP contribution in [0.5, 0.6) is 5.75 Å². The summed E-state index contributed by atoms with van der Waals surface area (Å²) in [5, 5.41) is 0. The molecule has 0 amide bonds.